The number of methoxy groups -OCH3 is 2. The second-order valence-corrected chi connectivity index (χ2v) is 16.9. The summed E-state index contributed by atoms with van der Waals surface area (Å²) in [6.45, 7) is 7.43. The van der Waals surface area contributed by atoms with Gasteiger partial charge in [0.15, 0.2) is 0 Å². The first-order chi connectivity index (χ1) is 31.2. The van der Waals surface area contributed by atoms with Crippen molar-refractivity contribution in [2.24, 2.45) is 23.7 Å². The van der Waals surface area contributed by atoms with Gasteiger partial charge in [-0.2, -0.15) is 0 Å². The van der Waals surface area contributed by atoms with Gasteiger partial charge in [0.2, 0.25) is 11.8 Å². The summed E-state index contributed by atoms with van der Waals surface area (Å²) in [6.07, 6.45) is 7.33. The molecule has 14 nitrogen and oxygen atoms in total. The van der Waals surface area contributed by atoms with Crippen LogP contribution in [0.15, 0.2) is 107 Å². The summed E-state index contributed by atoms with van der Waals surface area (Å²) in [4.78, 5) is 57.5. The number of pyridine rings is 2. The minimum atomic E-state index is -0.453. The quantitative estimate of drug-likeness (QED) is 0.122. The van der Waals surface area contributed by atoms with Crippen molar-refractivity contribution in [3.8, 4) is 0 Å². The van der Waals surface area contributed by atoms with Crippen LogP contribution in [0.2, 0.25) is 0 Å². The third kappa shape index (κ3) is 9.35. The Balaban J connectivity index is 0.000000191. The van der Waals surface area contributed by atoms with E-state index in [1.807, 2.05) is 98.8 Å². The van der Waals surface area contributed by atoms with Crippen molar-refractivity contribution in [1.82, 2.24) is 29.6 Å². The summed E-state index contributed by atoms with van der Waals surface area (Å²) in [5, 5.41) is 26.6. The fourth-order valence-corrected chi connectivity index (χ4v) is 10.5. The van der Waals surface area contributed by atoms with E-state index in [0.717, 1.165) is 22.5 Å². The molecule has 0 aliphatic carbocycles. The van der Waals surface area contributed by atoms with Gasteiger partial charge in [0.1, 0.15) is 0 Å². The van der Waals surface area contributed by atoms with Crippen LogP contribution in [0.3, 0.4) is 0 Å². The number of aliphatic hydroxyl groups excluding tert-OH is 2. The molecular weight excluding hydrogens is 813 g/mol. The normalized spacial score (nSPS) is 24.6. The third-order valence-corrected chi connectivity index (χ3v) is 13.3. The number of allylic oxidation sites excluding steroid dienone is 2. The maximum Gasteiger partial charge on any atom is 0.258 e. The minimum absolute atomic E-state index is 0.0490. The van der Waals surface area contributed by atoms with Crippen LogP contribution in [-0.2, 0) is 45.2 Å². The standard InChI is InChI=1S/2C25H31N3O4/c2*1-3-7-18-10-11-20-23-22(24(30)26-12-13-32-2)19(16-29)21(15-28(20)25(18)31)27(23)14-17-8-5-4-6-9-17/h2*3-11,19,21-23,29H,12-16H2,1-2H3,(H,26,30)/b7-3+;7-3-/t2*19-,21-,22+,23+/m00/s1. The molecule has 2 saturated heterocycles. The molecule has 0 unspecified atom stereocenters. The lowest BCUT2D eigenvalue weighted by Crippen LogP contribution is -2.46. The topological polar surface area (TPSA) is 168 Å². The van der Waals surface area contributed by atoms with E-state index in [9.17, 15) is 29.4 Å². The molecular formula is C50H62N6O8. The molecule has 2 aromatic carbocycles. The molecule has 8 atom stereocenters. The fourth-order valence-electron chi connectivity index (χ4n) is 10.5. The Hall–Kier alpha value is -5.48. The van der Waals surface area contributed by atoms with Gasteiger partial charge < -0.3 is 39.5 Å². The van der Waals surface area contributed by atoms with Gasteiger partial charge in [-0.05, 0) is 49.2 Å². The van der Waals surface area contributed by atoms with Crippen LogP contribution in [0.5, 0.6) is 0 Å². The molecule has 64 heavy (non-hydrogen) atoms. The molecule has 2 amide bonds. The number of ether oxygens (including phenoxy) is 2. The molecule has 14 heteroatoms. The van der Waals surface area contributed by atoms with Gasteiger partial charge >= 0.3 is 0 Å². The van der Waals surface area contributed by atoms with Gasteiger partial charge in [-0.15, -0.1) is 0 Å². The predicted octanol–water partition coefficient (Wildman–Crippen LogP) is 3.62. The number of aromatic nitrogens is 2. The van der Waals surface area contributed by atoms with Gasteiger partial charge in [0.05, 0.1) is 37.1 Å². The van der Waals surface area contributed by atoms with Gasteiger partial charge in [-0.25, -0.2) is 0 Å². The van der Waals surface area contributed by atoms with Crippen LogP contribution in [0.4, 0.5) is 0 Å². The zero-order chi connectivity index (χ0) is 45.3. The zero-order valence-electron chi connectivity index (χ0n) is 37.2. The van der Waals surface area contributed by atoms with E-state index >= 15 is 0 Å². The molecule has 0 spiro atoms. The molecule has 4 bridgehead atoms. The lowest BCUT2D eigenvalue weighted by Gasteiger charge is -2.38. The lowest BCUT2D eigenvalue weighted by atomic mass is 9.86. The number of nitrogens with zero attached hydrogens (tertiary/aromatic N) is 4. The maximum atomic E-state index is 13.3. The second-order valence-electron chi connectivity index (χ2n) is 16.9. The van der Waals surface area contributed by atoms with E-state index in [2.05, 4.69) is 44.7 Å². The zero-order valence-corrected chi connectivity index (χ0v) is 37.2. The predicted molar refractivity (Wildman–Crippen MR) is 246 cm³/mol. The molecule has 6 heterocycles. The summed E-state index contributed by atoms with van der Waals surface area (Å²) >= 11 is 0. The second kappa shape index (κ2) is 21.5. The minimum Gasteiger partial charge on any atom is -0.396 e. The summed E-state index contributed by atoms with van der Waals surface area (Å²) < 4.78 is 13.8. The van der Waals surface area contributed by atoms with Crippen LogP contribution in [0.25, 0.3) is 12.2 Å². The summed E-state index contributed by atoms with van der Waals surface area (Å²) in [5.74, 6) is -1.65. The largest absolute Gasteiger partial charge is 0.396 e. The van der Waals surface area contributed by atoms with Crippen molar-refractivity contribution in [1.29, 1.82) is 0 Å². The number of carbonyl (C=O) groups is 2. The van der Waals surface area contributed by atoms with E-state index in [4.69, 9.17) is 9.47 Å². The van der Waals surface area contributed by atoms with Crippen molar-refractivity contribution in [3.05, 3.63) is 151 Å². The van der Waals surface area contributed by atoms with Crippen molar-refractivity contribution in [3.63, 3.8) is 0 Å². The Morgan fingerprint density at radius 2 is 1.02 bits per heavy atom. The van der Waals surface area contributed by atoms with Crippen LogP contribution in [-0.4, -0.2) is 107 Å². The molecule has 4 aromatic rings. The number of hydrogen-bond donors (Lipinski definition) is 4. The lowest BCUT2D eigenvalue weighted by molar-refractivity contribution is -0.128. The van der Waals surface area contributed by atoms with E-state index in [-0.39, 0.29) is 72.1 Å². The SMILES string of the molecule is C/C=C/c1ccc2n(c1=O)C[C@H]1[C@H](CO)[C@@H](C(=O)NCCOC)[C@@H]2N1Cc1ccccc1.C/C=C\c1ccc2n(c1=O)C[C@H]1[C@H](CO)[C@@H](C(=O)NCCOC)[C@@H]2N1Cc1ccccc1. The van der Waals surface area contributed by atoms with Gasteiger partial charge in [-0.1, -0.05) is 85.0 Å². The first-order valence-electron chi connectivity index (χ1n) is 22.3. The molecule has 0 saturated carbocycles. The number of amides is 2. The number of rotatable bonds is 16. The van der Waals surface area contributed by atoms with E-state index in [0.29, 0.717) is 63.6 Å². The average molecular weight is 875 g/mol. The number of carbonyl (C=O) groups excluding carboxylic acids is 2. The molecule has 4 N–H and O–H groups in total. The van der Waals surface area contributed by atoms with Crippen molar-refractivity contribution >= 4 is 24.0 Å². The fraction of sp³-hybridized carbons (Fsp3) is 0.440. The number of fused-ring (bicyclic) bond motifs is 8. The third-order valence-electron chi connectivity index (χ3n) is 13.3. The Kier molecular flexibility index (Phi) is 15.6. The van der Waals surface area contributed by atoms with Crippen molar-refractivity contribution in [2.45, 2.75) is 64.2 Å². The van der Waals surface area contributed by atoms with E-state index < -0.39 is 11.8 Å². The number of aliphatic hydroxyl groups is 2. The molecule has 4 aliphatic rings. The molecule has 340 valence electrons. The molecule has 2 fully saturated rings. The van der Waals surface area contributed by atoms with Crippen LogP contribution in [0.1, 0.15) is 59.6 Å². The summed E-state index contributed by atoms with van der Waals surface area (Å²) in [7, 11) is 3.19. The van der Waals surface area contributed by atoms with Gasteiger partial charge in [0, 0.05) is 113 Å². The highest BCUT2D eigenvalue weighted by molar-refractivity contribution is 5.81. The highest BCUT2D eigenvalue weighted by atomic mass is 16.5. The monoisotopic (exact) mass is 874 g/mol. The highest BCUT2D eigenvalue weighted by Crippen LogP contribution is 2.50. The van der Waals surface area contributed by atoms with Crippen molar-refractivity contribution < 1.29 is 29.3 Å². The van der Waals surface area contributed by atoms with Crippen LogP contribution >= 0.6 is 0 Å². The molecule has 8 rings (SSSR count). The average Bonchev–Trinajstić information content (AvgIpc) is 3.64. The molecule has 4 aliphatic heterocycles. The van der Waals surface area contributed by atoms with Crippen LogP contribution in [0, 0.1) is 23.7 Å². The molecule has 2 aromatic heterocycles. The Bertz CT molecular complexity index is 2230. The highest BCUT2D eigenvalue weighted by Gasteiger charge is 2.57. The van der Waals surface area contributed by atoms with Crippen LogP contribution < -0.4 is 21.8 Å². The first-order valence-corrected chi connectivity index (χ1v) is 22.3. The first kappa shape index (κ1) is 46.5. The number of hydrogen-bond acceptors (Lipinski definition) is 10. The number of benzene rings is 2. The van der Waals surface area contributed by atoms with E-state index in [1.165, 1.54) is 0 Å². The Labute approximate surface area is 374 Å². The summed E-state index contributed by atoms with van der Waals surface area (Å²) in [5.41, 5.74) is 5.11. The Morgan fingerprint density at radius 3 is 1.36 bits per heavy atom. The number of nitrogens with one attached hydrogen (secondary N) is 2. The maximum absolute atomic E-state index is 13.3. The summed E-state index contributed by atoms with van der Waals surface area (Å²) in [6, 6.07) is 27.0. The van der Waals surface area contributed by atoms with Gasteiger partial charge in [-0.3, -0.25) is 29.0 Å². The van der Waals surface area contributed by atoms with Gasteiger partial charge in [0.25, 0.3) is 11.1 Å². The van der Waals surface area contributed by atoms with E-state index in [1.54, 1.807) is 23.4 Å². The van der Waals surface area contributed by atoms with Crippen molar-refractivity contribution in [2.75, 3.05) is 53.7 Å². The smallest absolute Gasteiger partial charge is 0.258 e. The Morgan fingerprint density at radius 1 is 0.625 bits per heavy atom. The molecule has 0 radical (unpaired) electrons.